The van der Waals surface area contributed by atoms with E-state index >= 15 is 0 Å². The summed E-state index contributed by atoms with van der Waals surface area (Å²) in [5.74, 6) is -1.68. The van der Waals surface area contributed by atoms with Gasteiger partial charge in [0.25, 0.3) is 0 Å². The van der Waals surface area contributed by atoms with Crippen LogP contribution in [0.5, 0.6) is 0 Å². The lowest BCUT2D eigenvalue weighted by atomic mass is 10.1. The van der Waals surface area contributed by atoms with Gasteiger partial charge >= 0.3 is 5.97 Å². The van der Waals surface area contributed by atoms with Gasteiger partial charge in [-0.2, -0.15) is 0 Å². The molecule has 0 bridgehead atoms. The fraction of sp³-hybridized carbons (Fsp3) is 0.417. The van der Waals surface area contributed by atoms with E-state index in [1.807, 2.05) is 12.1 Å². The largest absolute Gasteiger partial charge is 0.481 e. The third kappa shape index (κ3) is 5.10. The number of pyridine rings is 1. The van der Waals surface area contributed by atoms with Gasteiger partial charge in [-0.3, -0.25) is 14.6 Å². The Hall–Kier alpha value is -1.91. The number of hydrogen-bond donors (Lipinski definition) is 2. The summed E-state index contributed by atoms with van der Waals surface area (Å²) < 4.78 is 0. The van der Waals surface area contributed by atoms with Crippen LogP contribution in [0.25, 0.3) is 0 Å². The molecular weight excluding hydrogens is 220 g/mol. The first-order valence-electron chi connectivity index (χ1n) is 5.48. The minimum Gasteiger partial charge on any atom is -0.481 e. The van der Waals surface area contributed by atoms with E-state index in [1.54, 1.807) is 19.3 Å². The maximum absolute atomic E-state index is 11.5. The maximum atomic E-state index is 11.5. The van der Waals surface area contributed by atoms with Crippen molar-refractivity contribution in [2.45, 2.75) is 19.8 Å². The number of rotatable bonds is 6. The van der Waals surface area contributed by atoms with Crippen molar-refractivity contribution in [2.75, 3.05) is 6.54 Å². The van der Waals surface area contributed by atoms with Crippen LogP contribution < -0.4 is 5.32 Å². The Bertz CT molecular complexity index is 379. The van der Waals surface area contributed by atoms with Gasteiger partial charge in [-0.1, -0.05) is 13.0 Å². The maximum Gasteiger partial charge on any atom is 0.304 e. The minimum absolute atomic E-state index is 0.140. The summed E-state index contributed by atoms with van der Waals surface area (Å²) in [5, 5.41) is 11.3. The van der Waals surface area contributed by atoms with Crippen LogP contribution in [-0.2, 0) is 16.0 Å². The zero-order valence-corrected chi connectivity index (χ0v) is 9.72. The summed E-state index contributed by atoms with van der Waals surface area (Å²) in [4.78, 5) is 25.9. The summed E-state index contributed by atoms with van der Waals surface area (Å²) in [6.45, 7) is 2.10. The number of amides is 1. The Labute approximate surface area is 99.9 Å². The number of hydrogen-bond acceptors (Lipinski definition) is 3. The quantitative estimate of drug-likeness (QED) is 0.767. The van der Waals surface area contributed by atoms with Crippen molar-refractivity contribution in [3.63, 3.8) is 0 Å². The predicted octanol–water partition coefficient (Wildman–Crippen LogP) is 0.851. The molecule has 0 spiro atoms. The first-order valence-corrected chi connectivity index (χ1v) is 5.48. The molecule has 1 heterocycles. The van der Waals surface area contributed by atoms with E-state index < -0.39 is 11.9 Å². The second-order valence-electron chi connectivity index (χ2n) is 3.90. The fourth-order valence-corrected chi connectivity index (χ4v) is 1.40. The highest BCUT2D eigenvalue weighted by Crippen LogP contribution is 2.02. The molecule has 92 valence electrons. The molecule has 0 aromatic carbocycles. The van der Waals surface area contributed by atoms with Crippen molar-refractivity contribution < 1.29 is 14.7 Å². The molecule has 1 amide bonds. The Kier molecular flexibility index (Phi) is 5.13. The second-order valence-corrected chi connectivity index (χ2v) is 3.90. The molecule has 17 heavy (non-hydrogen) atoms. The standard InChI is InChI=1S/C12H16N2O3/c1-9(7-11(15)16)12(17)14-6-4-10-3-2-5-13-8-10/h2-3,5,8-9H,4,6-7H2,1H3,(H,14,17)(H,15,16). The lowest BCUT2D eigenvalue weighted by molar-refractivity contribution is -0.140. The Morgan fingerprint density at radius 2 is 2.29 bits per heavy atom. The van der Waals surface area contributed by atoms with Gasteiger partial charge in [0.05, 0.1) is 6.42 Å². The smallest absolute Gasteiger partial charge is 0.304 e. The van der Waals surface area contributed by atoms with Crippen LogP contribution in [0.4, 0.5) is 0 Å². The molecule has 1 atom stereocenters. The van der Waals surface area contributed by atoms with Crippen LogP contribution in [0.15, 0.2) is 24.5 Å². The lowest BCUT2D eigenvalue weighted by Crippen LogP contribution is -2.32. The second kappa shape index (κ2) is 6.62. The third-order valence-electron chi connectivity index (χ3n) is 2.36. The molecule has 1 rings (SSSR count). The number of aromatic nitrogens is 1. The van der Waals surface area contributed by atoms with Crippen molar-refractivity contribution in [3.8, 4) is 0 Å². The van der Waals surface area contributed by atoms with Gasteiger partial charge < -0.3 is 10.4 Å². The minimum atomic E-state index is -0.958. The Balaban J connectivity index is 2.27. The monoisotopic (exact) mass is 236 g/mol. The number of aliphatic carboxylic acids is 1. The van der Waals surface area contributed by atoms with Gasteiger partial charge in [0.15, 0.2) is 0 Å². The molecule has 1 aromatic heterocycles. The molecule has 0 aliphatic heterocycles. The summed E-state index contributed by atoms with van der Waals surface area (Å²) in [5.41, 5.74) is 1.04. The van der Waals surface area contributed by atoms with Crippen LogP contribution in [0.2, 0.25) is 0 Å². The number of nitrogens with one attached hydrogen (secondary N) is 1. The van der Waals surface area contributed by atoms with Gasteiger partial charge in [0.2, 0.25) is 5.91 Å². The molecule has 0 aliphatic rings. The number of carboxylic acids is 1. The molecule has 0 saturated carbocycles. The predicted molar refractivity (Wildman–Crippen MR) is 62.4 cm³/mol. The van der Waals surface area contributed by atoms with E-state index in [4.69, 9.17) is 5.11 Å². The molecular formula is C12H16N2O3. The average molecular weight is 236 g/mol. The highest BCUT2D eigenvalue weighted by molar-refractivity contribution is 5.82. The number of carbonyl (C=O) groups is 2. The highest BCUT2D eigenvalue weighted by Gasteiger charge is 2.15. The average Bonchev–Trinajstić information content (AvgIpc) is 2.29. The van der Waals surface area contributed by atoms with Crippen molar-refractivity contribution in [3.05, 3.63) is 30.1 Å². The van der Waals surface area contributed by atoms with Crippen molar-refractivity contribution >= 4 is 11.9 Å². The molecule has 0 aliphatic carbocycles. The van der Waals surface area contributed by atoms with Crippen LogP contribution in [0, 0.1) is 5.92 Å². The third-order valence-corrected chi connectivity index (χ3v) is 2.36. The van der Waals surface area contributed by atoms with E-state index in [2.05, 4.69) is 10.3 Å². The molecule has 1 aromatic rings. The SMILES string of the molecule is CC(CC(=O)O)C(=O)NCCc1cccnc1. The van der Waals surface area contributed by atoms with Crippen LogP contribution in [0.3, 0.4) is 0 Å². The molecule has 2 N–H and O–H groups in total. The molecule has 5 nitrogen and oxygen atoms in total. The Morgan fingerprint density at radius 3 is 2.88 bits per heavy atom. The van der Waals surface area contributed by atoms with E-state index in [0.29, 0.717) is 13.0 Å². The van der Waals surface area contributed by atoms with Crippen molar-refractivity contribution in [2.24, 2.45) is 5.92 Å². The van der Waals surface area contributed by atoms with Crippen LogP contribution in [-0.4, -0.2) is 28.5 Å². The zero-order valence-electron chi connectivity index (χ0n) is 9.72. The molecule has 5 heteroatoms. The highest BCUT2D eigenvalue weighted by atomic mass is 16.4. The van der Waals surface area contributed by atoms with Crippen LogP contribution >= 0.6 is 0 Å². The molecule has 0 saturated heterocycles. The number of carboxylic acid groups (broad SMARTS) is 1. The van der Waals surface area contributed by atoms with Gasteiger partial charge in [-0.15, -0.1) is 0 Å². The number of nitrogens with zero attached hydrogens (tertiary/aromatic N) is 1. The summed E-state index contributed by atoms with van der Waals surface area (Å²) in [6.07, 6.45) is 3.99. The summed E-state index contributed by atoms with van der Waals surface area (Å²) >= 11 is 0. The van der Waals surface area contributed by atoms with Crippen molar-refractivity contribution in [1.29, 1.82) is 0 Å². The normalized spacial score (nSPS) is 11.8. The van der Waals surface area contributed by atoms with E-state index in [-0.39, 0.29) is 12.3 Å². The molecule has 0 fully saturated rings. The summed E-state index contributed by atoms with van der Waals surface area (Å²) in [7, 11) is 0. The molecule has 1 unspecified atom stereocenters. The first kappa shape index (κ1) is 13.2. The Morgan fingerprint density at radius 1 is 1.53 bits per heavy atom. The van der Waals surface area contributed by atoms with E-state index in [0.717, 1.165) is 5.56 Å². The van der Waals surface area contributed by atoms with Gasteiger partial charge in [-0.25, -0.2) is 0 Å². The topological polar surface area (TPSA) is 79.3 Å². The van der Waals surface area contributed by atoms with Gasteiger partial charge in [-0.05, 0) is 18.1 Å². The number of carbonyl (C=O) groups excluding carboxylic acids is 1. The lowest BCUT2D eigenvalue weighted by Gasteiger charge is -2.09. The first-order chi connectivity index (χ1) is 8.09. The zero-order chi connectivity index (χ0) is 12.7. The summed E-state index contributed by atoms with van der Waals surface area (Å²) in [6, 6.07) is 3.77. The van der Waals surface area contributed by atoms with Gasteiger partial charge in [0, 0.05) is 24.9 Å². The van der Waals surface area contributed by atoms with Gasteiger partial charge in [0.1, 0.15) is 0 Å². The van der Waals surface area contributed by atoms with Crippen LogP contribution in [0.1, 0.15) is 18.9 Å². The fourth-order valence-electron chi connectivity index (χ4n) is 1.40. The molecule has 0 radical (unpaired) electrons. The van der Waals surface area contributed by atoms with Crippen molar-refractivity contribution in [1.82, 2.24) is 10.3 Å². The van der Waals surface area contributed by atoms with E-state index in [1.165, 1.54) is 0 Å². The van der Waals surface area contributed by atoms with E-state index in [9.17, 15) is 9.59 Å².